The van der Waals surface area contributed by atoms with Crippen molar-refractivity contribution in [3.8, 4) is 0 Å². The van der Waals surface area contributed by atoms with E-state index < -0.39 is 5.91 Å². The van der Waals surface area contributed by atoms with Crippen molar-refractivity contribution in [3.05, 3.63) is 47.8 Å². The van der Waals surface area contributed by atoms with Gasteiger partial charge < -0.3 is 11.5 Å². The molecule has 1 aliphatic carbocycles. The van der Waals surface area contributed by atoms with Crippen LogP contribution in [0.2, 0.25) is 0 Å². The highest BCUT2D eigenvalue weighted by Gasteiger charge is 2.21. The fourth-order valence-corrected chi connectivity index (χ4v) is 2.45. The fourth-order valence-electron chi connectivity index (χ4n) is 2.45. The van der Waals surface area contributed by atoms with Crippen LogP contribution in [0.25, 0.3) is 5.70 Å². The molecule has 0 saturated carbocycles. The first-order chi connectivity index (χ1) is 11.1. The third kappa shape index (κ3) is 2.94. The van der Waals surface area contributed by atoms with E-state index in [9.17, 15) is 4.79 Å². The van der Waals surface area contributed by atoms with Gasteiger partial charge in [-0.05, 0) is 44.0 Å². The summed E-state index contributed by atoms with van der Waals surface area (Å²) < 4.78 is 0. The second-order valence-corrected chi connectivity index (χ2v) is 5.34. The first kappa shape index (κ1) is 14.8. The molecule has 23 heavy (non-hydrogen) atoms. The van der Waals surface area contributed by atoms with Gasteiger partial charge in [-0.1, -0.05) is 6.08 Å². The summed E-state index contributed by atoms with van der Waals surface area (Å²) in [7, 11) is 0. The predicted molar refractivity (Wildman–Crippen MR) is 90.5 cm³/mol. The number of aromatic nitrogens is 2. The number of hydrogen-bond acceptors (Lipinski definition) is 5. The third-order valence-electron chi connectivity index (χ3n) is 3.70. The first-order valence-corrected chi connectivity index (χ1v) is 7.29. The summed E-state index contributed by atoms with van der Waals surface area (Å²) in [6.07, 6.45) is 5.60. The number of nitrogens with two attached hydrogens (primary N) is 2. The molecule has 0 atom stereocenters. The van der Waals surface area contributed by atoms with Gasteiger partial charge in [0.1, 0.15) is 5.71 Å². The summed E-state index contributed by atoms with van der Waals surface area (Å²) in [6, 6.07) is 7.28. The number of nitrogens with one attached hydrogen (secondary N) is 1. The minimum Gasteiger partial charge on any atom is -0.399 e. The van der Waals surface area contributed by atoms with E-state index in [2.05, 4.69) is 21.4 Å². The Hall–Kier alpha value is -3.09. The monoisotopic (exact) mass is 310 g/mol. The van der Waals surface area contributed by atoms with Gasteiger partial charge >= 0.3 is 0 Å². The fraction of sp³-hybridized carbons (Fsp3) is 0.188. The number of rotatable bonds is 4. The van der Waals surface area contributed by atoms with Crippen LogP contribution in [0, 0.1) is 0 Å². The number of fused-ring (bicyclic) bond motifs is 1. The number of H-pyrrole nitrogens is 1. The van der Waals surface area contributed by atoms with Crippen molar-refractivity contribution >= 4 is 28.7 Å². The minimum absolute atomic E-state index is 0.221. The summed E-state index contributed by atoms with van der Waals surface area (Å²) in [5, 5.41) is 13.2. The molecule has 1 aromatic heterocycles. The van der Waals surface area contributed by atoms with E-state index >= 15 is 0 Å². The molecule has 1 aliphatic rings. The van der Waals surface area contributed by atoms with Crippen LogP contribution in [0.3, 0.4) is 0 Å². The maximum atomic E-state index is 11.4. The summed E-state index contributed by atoms with van der Waals surface area (Å²) in [6.45, 7) is 1.59. The predicted octanol–water partition coefficient (Wildman–Crippen LogP) is 1.65. The molecule has 7 heteroatoms. The maximum absolute atomic E-state index is 11.4. The van der Waals surface area contributed by atoms with E-state index in [4.69, 9.17) is 11.5 Å². The zero-order valence-corrected chi connectivity index (χ0v) is 12.8. The first-order valence-electron chi connectivity index (χ1n) is 7.29. The number of nitrogen functional groups attached to an aromatic ring is 1. The lowest BCUT2D eigenvalue weighted by molar-refractivity contribution is -0.112. The molecule has 1 heterocycles. The summed E-state index contributed by atoms with van der Waals surface area (Å²) in [5.41, 5.74) is 15.6. The van der Waals surface area contributed by atoms with Crippen LogP contribution in [0.4, 0.5) is 11.4 Å². The zero-order valence-electron chi connectivity index (χ0n) is 12.8. The highest BCUT2D eigenvalue weighted by molar-refractivity contribution is 6.37. The number of hydrazone groups is 1. The Labute approximate surface area is 133 Å². The van der Waals surface area contributed by atoms with Crippen molar-refractivity contribution in [2.24, 2.45) is 10.8 Å². The lowest BCUT2D eigenvalue weighted by Crippen LogP contribution is -2.26. The number of aryl methyl sites for hydroxylation is 1. The third-order valence-corrected chi connectivity index (χ3v) is 3.70. The second kappa shape index (κ2) is 5.96. The van der Waals surface area contributed by atoms with E-state index in [1.807, 2.05) is 12.1 Å². The van der Waals surface area contributed by atoms with Crippen LogP contribution in [0.1, 0.15) is 24.6 Å². The highest BCUT2D eigenvalue weighted by Crippen LogP contribution is 2.32. The Morgan fingerprint density at radius 1 is 1.35 bits per heavy atom. The zero-order chi connectivity index (χ0) is 16.4. The molecule has 0 bridgehead atoms. The molecule has 1 amide bonds. The Kier molecular flexibility index (Phi) is 3.84. The number of anilines is 2. The van der Waals surface area contributed by atoms with E-state index in [-0.39, 0.29) is 5.71 Å². The molecule has 0 unspecified atom stereocenters. The van der Waals surface area contributed by atoms with Gasteiger partial charge in [0.25, 0.3) is 5.91 Å². The number of benzene rings is 1. The summed E-state index contributed by atoms with van der Waals surface area (Å²) in [4.78, 5) is 11.4. The number of carbonyl (C=O) groups excluding carboxylic acids is 1. The average Bonchev–Trinajstić information content (AvgIpc) is 3.02. The van der Waals surface area contributed by atoms with Crippen LogP contribution in [-0.2, 0) is 11.2 Å². The average molecular weight is 310 g/mol. The van der Waals surface area contributed by atoms with Crippen molar-refractivity contribution in [3.63, 3.8) is 0 Å². The molecule has 2 aromatic rings. The maximum Gasteiger partial charge on any atom is 0.264 e. The molecule has 118 valence electrons. The van der Waals surface area contributed by atoms with Gasteiger partial charge in [-0.15, -0.1) is 0 Å². The normalized spacial score (nSPS) is 14.1. The van der Waals surface area contributed by atoms with Gasteiger partial charge in [0.2, 0.25) is 0 Å². The van der Waals surface area contributed by atoms with Gasteiger partial charge in [0, 0.05) is 16.9 Å². The number of carbonyl (C=O) groups is 1. The van der Waals surface area contributed by atoms with Crippen molar-refractivity contribution in [1.82, 2.24) is 10.2 Å². The molecule has 3 rings (SSSR count). The van der Waals surface area contributed by atoms with E-state index in [1.54, 1.807) is 30.3 Å². The van der Waals surface area contributed by atoms with Gasteiger partial charge in [-0.25, -0.2) is 5.01 Å². The van der Waals surface area contributed by atoms with Crippen LogP contribution in [0.5, 0.6) is 0 Å². The van der Waals surface area contributed by atoms with Crippen LogP contribution in [0.15, 0.2) is 41.6 Å². The van der Waals surface area contributed by atoms with Gasteiger partial charge in [0.15, 0.2) is 0 Å². The number of allylic oxidation sites excluding steroid dienone is 1. The molecule has 0 aliphatic heterocycles. The van der Waals surface area contributed by atoms with Gasteiger partial charge in [0.05, 0.1) is 17.6 Å². The highest BCUT2D eigenvalue weighted by atomic mass is 16.1. The van der Waals surface area contributed by atoms with Crippen molar-refractivity contribution in [2.75, 3.05) is 10.7 Å². The lowest BCUT2D eigenvalue weighted by Gasteiger charge is -2.25. The van der Waals surface area contributed by atoms with Crippen LogP contribution < -0.4 is 16.5 Å². The van der Waals surface area contributed by atoms with E-state index in [0.717, 1.165) is 35.5 Å². The molecule has 7 nitrogen and oxygen atoms in total. The molecule has 0 spiro atoms. The largest absolute Gasteiger partial charge is 0.399 e. The lowest BCUT2D eigenvalue weighted by atomic mass is 10.0. The Balaban J connectivity index is 2.09. The van der Waals surface area contributed by atoms with E-state index in [1.165, 1.54) is 0 Å². The molecule has 5 N–H and O–H groups in total. The number of hydrogen-bond donors (Lipinski definition) is 3. The minimum atomic E-state index is -0.561. The summed E-state index contributed by atoms with van der Waals surface area (Å²) >= 11 is 0. The standard InChI is InChI=1S/C16H18N6O/c1-10(16(18)23)21-22(12-7-5-11(17)6-8-12)15-4-2-3-14-13(15)9-19-20-14/h4-9H,2-3,17H2,1H3,(H2,18,23)(H,19,20)/b21-10+. The number of amides is 1. The van der Waals surface area contributed by atoms with Crippen LogP contribution >= 0.6 is 0 Å². The Bertz CT molecular complexity index is 787. The molecular formula is C16H18N6O. The van der Waals surface area contributed by atoms with Gasteiger partial charge in [-0.2, -0.15) is 10.2 Å². The smallest absolute Gasteiger partial charge is 0.264 e. The second-order valence-electron chi connectivity index (χ2n) is 5.34. The van der Waals surface area contributed by atoms with Crippen molar-refractivity contribution in [2.45, 2.75) is 19.8 Å². The Morgan fingerprint density at radius 2 is 2.09 bits per heavy atom. The topological polar surface area (TPSA) is 113 Å². The number of aromatic amines is 1. The van der Waals surface area contributed by atoms with Crippen LogP contribution in [-0.4, -0.2) is 21.8 Å². The van der Waals surface area contributed by atoms with Crippen molar-refractivity contribution in [1.29, 1.82) is 0 Å². The molecular weight excluding hydrogens is 292 g/mol. The number of nitrogens with zero attached hydrogens (tertiary/aromatic N) is 3. The molecule has 0 fully saturated rings. The van der Waals surface area contributed by atoms with Crippen molar-refractivity contribution < 1.29 is 4.79 Å². The van der Waals surface area contributed by atoms with Gasteiger partial charge in [-0.3, -0.25) is 9.89 Å². The SMILES string of the molecule is C/C(=N\N(C1=CCCc2[nH]ncc21)c1ccc(N)cc1)C(N)=O. The quantitative estimate of drug-likeness (QED) is 0.452. The van der Waals surface area contributed by atoms with E-state index in [0.29, 0.717) is 5.69 Å². The molecule has 0 radical (unpaired) electrons. The Morgan fingerprint density at radius 3 is 2.78 bits per heavy atom. The summed E-state index contributed by atoms with van der Waals surface area (Å²) in [5.74, 6) is -0.561. The molecule has 1 aromatic carbocycles. The number of primary amides is 1. The molecule has 0 saturated heterocycles.